The molecule has 0 bridgehead atoms. The highest BCUT2D eigenvalue weighted by Gasteiger charge is 2.37. The average molecular weight is 529 g/mol. The van der Waals surface area contributed by atoms with Gasteiger partial charge in [0.2, 0.25) is 0 Å². The van der Waals surface area contributed by atoms with Crippen molar-refractivity contribution in [1.29, 1.82) is 0 Å². The van der Waals surface area contributed by atoms with Crippen LogP contribution in [-0.2, 0) is 10.5 Å². The molecular formula is C24H19BrClN3O2S. The molecule has 32 heavy (non-hydrogen) atoms. The topological polar surface area (TPSA) is 74.8 Å². The number of H-pyrrole nitrogens is 1. The molecule has 0 saturated heterocycles. The van der Waals surface area contributed by atoms with E-state index < -0.39 is 5.92 Å². The minimum Gasteiger partial charge on any atom is -0.343 e. The van der Waals surface area contributed by atoms with Gasteiger partial charge in [-0.15, -0.1) is 0 Å². The van der Waals surface area contributed by atoms with Crippen molar-refractivity contribution in [3.63, 3.8) is 0 Å². The van der Waals surface area contributed by atoms with Gasteiger partial charge in [0.1, 0.15) is 5.82 Å². The predicted molar refractivity (Wildman–Crippen MR) is 131 cm³/mol. The second-order valence-corrected chi connectivity index (χ2v) is 10.1. The van der Waals surface area contributed by atoms with Gasteiger partial charge in [-0.2, -0.15) is 0 Å². The normalized spacial score (nSPS) is 17.6. The molecule has 162 valence electrons. The summed E-state index contributed by atoms with van der Waals surface area (Å²) >= 11 is 11.0. The molecule has 5 nitrogen and oxygen atoms in total. The van der Waals surface area contributed by atoms with Crippen molar-refractivity contribution >= 4 is 50.9 Å². The molecular weight excluding hydrogens is 510 g/mol. The van der Waals surface area contributed by atoms with Crippen molar-refractivity contribution in [3.05, 3.63) is 96.3 Å². The van der Waals surface area contributed by atoms with Gasteiger partial charge in [-0.3, -0.25) is 9.59 Å². The van der Waals surface area contributed by atoms with Gasteiger partial charge in [0.25, 0.3) is 5.56 Å². The van der Waals surface area contributed by atoms with Crippen LogP contribution < -0.4 is 10.9 Å². The molecule has 2 aliphatic rings. The second kappa shape index (κ2) is 8.89. The summed E-state index contributed by atoms with van der Waals surface area (Å²) in [7, 11) is 0. The highest BCUT2D eigenvalue weighted by Crippen LogP contribution is 2.43. The van der Waals surface area contributed by atoms with E-state index in [0.29, 0.717) is 39.3 Å². The number of aromatic nitrogens is 2. The van der Waals surface area contributed by atoms with E-state index in [0.717, 1.165) is 34.1 Å². The van der Waals surface area contributed by atoms with Gasteiger partial charge >= 0.3 is 0 Å². The molecule has 0 spiro atoms. The van der Waals surface area contributed by atoms with Gasteiger partial charge in [-0.25, -0.2) is 4.98 Å². The number of fused-ring (bicyclic) bond motifs is 1. The fraction of sp³-hybridized carbons (Fsp3) is 0.208. The van der Waals surface area contributed by atoms with Crippen molar-refractivity contribution in [2.24, 2.45) is 0 Å². The molecule has 3 aromatic rings. The number of aromatic amines is 1. The standard InChI is InChI=1S/C24H19BrClN3O2S/c25-15-9-7-14(8-10-15)19-20-17(5-2-6-18(20)30)27-22-21(19)23(31)29-24(28-22)32-12-13-3-1-4-16(26)11-13/h1,3-4,7-11,19H,2,5-6,12H2,(H2,27,28,29,31)/t19-/m0/s1. The van der Waals surface area contributed by atoms with Crippen LogP contribution in [0.3, 0.4) is 0 Å². The molecule has 1 atom stereocenters. The first-order chi connectivity index (χ1) is 15.5. The van der Waals surface area contributed by atoms with Gasteiger partial charge < -0.3 is 10.3 Å². The quantitative estimate of drug-likeness (QED) is 0.319. The summed E-state index contributed by atoms with van der Waals surface area (Å²) < 4.78 is 0.944. The van der Waals surface area contributed by atoms with Gasteiger partial charge in [0.05, 0.1) is 5.56 Å². The Kier molecular flexibility index (Phi) is 5.97. The molecule has 2 aromatic carbocycles. The lowest BCUT2D eigenvalue weighted by atomic mass is 9.76. The van der Waals surface area contributed by atoms with E-state index in [2.05, 4.69) is 26.2 Å². The maximum Gasteiger partial charge on any atom is 0.257 e. The molecule has 1 aromatic heterocycles. The number of carbonyl (C=O) groups excluding carboxylic acids is 1. The lowest BCUT2D eigenvalue weighted by Crippen LogP contribution is -2.32. The fourth-order valence-corrected chi connectivity index (χ4v) is 5.56. The summed E-state index contributed by atoms with van der Waals surface area (Å²) in [4.78, 5) is 33.8. The third-order valence-corrected chi connectivity index (χ3v) is 7.41. The van der Waals surface area contributed by atoms with Crippen LogP contribution in [0.15, 0.2) is 74.2 Å². The zero-order valence-electron chi connectivity index (χ0n) is 17.0. The zero-order valence-corrected chi connectivity index (χ0v) is 20.1. The van der Waals surface area contributed by atoms with Crippen LogP contribution in [0.2, 0.25) is 5.02 Å². The summed E-state index contributed by atoms with van der Waals surface area (Å²) in [5.41, 5.74) is 3.79. The second-order valence-electron chi connectivity index (χ2n) is 7.83. The van der Waals surface area contributed by atoms with Crippen LogP contribution in [0.5, 0.6) is 0 Å². The monoisotopic (exact) mass is 527 g/mol. The molecule has 5 rings (SSSR count). The first-order valence-electron chi connectivity index (χ1n) is 10.3. The van der Waals surface area contributed by atoms with Crippen LogP contribution in [-0.4, -0.2) is 15.8 Å². The largest absolute Gasteiger partial charge is 0.343 e. The number of ketones is 1. The Morgan fingerprint density at radius 1 is 1.12 bits per heavy atom. The third kappa shape index (κ3) is 4.17. The molecule has 0 saturated carbocycles. The van der Waals surface area contributed by atoms with Crippen LogP contribution >= 0.6 is 39.3 Å². The van der Waals surface area contributed by atoms with Gasteiger partial charge in [0.15, 0.2) is 10.9 Å². The summed E-state index contributed by atoms with van der Waals surface area (Å²) in [5, 5.41) is 4.52. The number of hydrogen-bond donors (Lipinski definition) is 2. The number of Topliss-reactive ketones (excluding diaryl/α,β-unsaturated/α-hetero) is 1. The number of carbonyl (C=O) groups is 1. The van der Waals surface area contributed by atoms with Crippen molar-refractivity contribution < 1.29 is 4.79 Å². The Morgan fingerprint density at radius 2 is 1.94 bits per heavy atom. The molecule has 2 heterocycles. The van der Waals surface area contributed by atoms with Crippen LogP contribution in [0.1, 0.15) is 41.9 Å². The van der Waals surface area contributed by atoms with Crippen molar-refractivity contribution in [1.82, 2.24) is 9.97 Å². The molecule has 0 fully saturated rings. The van der Waals surface area contributed by atoms with E-state index in [1.807, 2.05) is 48.5 Å². The van der Waals surface area contributed by atoms with Crippen molar-refractivity contribution in [2.75, 3.05) is 5.32 Å². The van der Waals surface area contributed by atoms with E-state index in [1.54, 1.807) is 0 Å². The number of anilines is 1. The Balaban J connectivity index is 1.55. The smallest absolute Gasteiger partial charge is 0.257 e. The summed E-state index contributed by atoms with van der Waals surface area (Å²) in [5.74, 6) is 0.829. The fourth-order valence-electron chi connectivity index (χ4n) is 4.28. The number of halogens is 2. The van der Waals surface area contributed by atoms with E-state index in [9.17, 15) is 9.59 Å². The summed E-state index contributed by atoms with van der Waals surface area (Å²) in [6.45, 7) is 0. The Bertz CT molecular complexity index is 1300. The number of thioether (sulfide) groups is 1. The number of rotatable bonds is 4. The maximum absolute atomic E-state index is 13.3. The van der Waals surface area contributed by atoms with Crippen molar-refractivity contribution in [3.8, 4) is 0 Å². The number of nitrogens with zero attached hydrogens (tertiary/aromatic N) is 1. The highest BCUT2D eigenvalue weighted by atomic mass is 79.9. The summed E-state index contributed by atoms with van der Waals surface area (Å²) in [6, 6.07) is 15.4. The van der Waals surface area contributed by atoms with E-state index in [4.69, 9.17) is 16.6 Å². The number of benzene rings is 2. The Labute approximate surface area is 202 Å². The van der Waals surface area contributed by atoms with E-state index in [1.165, 1.54) is 11.8 Å². The number of hydrogen-bond acceptors (Lipinski definition) is 5. The first kappa shape index (κ1) is 21.5. The van der Waals surface area contributed by atoms with Crippen LogP contribution in [0.4, 0.5) is 5.82 Å². The number of allylic oxidation sites excluding steroid dienone is 2. The molecule has 0 amide bonds. The lowest BCUT2D eigenvalue weighted by molar-refractivity contribution is -0.116. The minimum absolute atomic E-state index is 0.0936. The highest BCUT2D eigenvalue weighted by molar-refractivity contribution is 9.10. The number of nitrogens with one attached hydrogen (secondary N) is 2. The van der Waals surface area contributed by atoms with E-state index >= 15 is 0 Å². The molecule has 8 heteroatoms. The zero-order chi connectivity index (χ0) is 22.2. The third-order valence-electron chi connectivity index (χ3n) is 5.70. The maximum atomic E-state index is 13.3. The van der Waals surface area contributed by atoms with Gasteiger partial charge in [-0.05, 0) is 48.2 Å². The van der Waals surface area contributed by atoms with Crippen LogP contribution in [0, 0.1) is 0 Å². The van der Waals surface area contributed by atoms with Crippen LogP contribution in [0.25, 0.3) is 0 Å². The van der Waals surface area contributed by atoms with E-state index in [-0.39, 0.29) is 11.3 Å². The Hall–Kier alpha value is -2.35. The summed E-state index contributed by atoms with van der Waals surface area (Å²) in [6.07, 6.45) is 2.07. The first-order valence-corrected chi connectivity index (χ1v) is 12.5. The Morgan fingerprint density at radius 3 is 2.72 bits per heavy atom. The molecule has 0 unspecified atom stereocenters. The minimum atomic E-state index is -0.426. The molecule has 2 N–H and O–H groups in total. The average Bonchev–Trinajstić information content (AvgIpc) is 2.77. The SMILES string of the molecule is O=C1CCCC2=C1[C@H](c1ccc(Br)cc1)c1c(nc(SCc3cccc(Cl)c3)[nH]c1=O)N2. The lowest BCUT2D eigenvalue weighted by Gasteiger charge is -2.32. The van der Waals surface area contributed by atoms with Gasteiger partial charge in [0, 0.05) is 38.9 Å². The molecule has 0 radical (unpaired) electrons. The molecule has 1 aliphatic heterocycles. The predicted octanol–water partition coefficient (Wildman–Crippen LogP) is 6.04. The molecule has 1 aliphatic carbocycles. The van der Waals surface area contributed by atoms with Crippen molar-refractivity contribution in [2.45, 2.75) is 36.1 Å². The van der Waals surface area contributed by atoms with Gasteiger partial charge in [-0.1, -0.05) is 63.6 Å².